The summed E-state index contributed by atoms with van der Waals surface area (Å²) in [6.07, 6.45) is 1.52. The van der Waals surface area contributed by atoms with E-state index in [-0.39, 0.29) is 18.1 Å². The number of aryl methyl sites for hydroxylation is 2. The number of benzene rings is 1. The molecule has 2 heterocycles. The van der Waals surface area contributed by atoms with Crippen LogP contribution >= 0.6 is 0 Å². The number of anilines is 1. The van der Waals surface area contributed by atoms with Gasteiger partial charge in [0.2, 0.25) is 5.91 Å². The number of rotatable bonds is 4. The Bertz CT molecular complexity index is 920. The van der Waals surface area contributed by atoms with Crippen LogP contribution in [-0.2, 0) is 16.1 Å². The number of furan rings is 1. The van der Waals surface area contributed by atoms with Crippen LogP contribution in [0, 0.1) is 13.8 Å². The van der Waals surface area contributed by atoms with Gasteiger partial charge in [0.15, 0.2) is 5.58 Å². The Morgan fingerprint density at radius 3 is 2.75 bits per heavy atom. The Morgan fingerprint density at radius 2 is 2.00 bits per heavy atom. The van der Waals surface area contributed by atoms with E-state index in [9.17, 15) is 9.59 Å². The van der Waals surface area contributed by atoms with Crippen molar-refractivity contribution in [2.24, 2.45) is 0 Å². The Hall–Kier alpha value is -3.02. The second-order valence-corrected chi connectivity index (χ2v) is 5.64. The topological polar surface area (TPSA) is 73.5 Å². The molecule has 0 aliphatic carbocycles. The van der Waals surface area contributed by atoms with Crippen LogP contribution in [0.2, 0.25) is 0 Å². The number of esters is 1. The van der Waals surface area contributed by atoms with Gasteiger partial charge < -0.3 is 19.0 Å². The number of carbonyl (C=O) groups is 2. The summed E-state index contributed by atoms with van der Waals surface area (Å²) in [5.41, 5.74) is 4.28. The van der Waals surface area contributed by atoms with Gasteiger partial charge in [-0.2, -0.15) is 0 Å². The van der Waals surface area contributed by atoms with Gasteiger partial charge in [0.1, 0.15) is 12.2 Å². The lowest BCUT2D eigenvalue weighted by atomic mass is 10.1. The summed E-state index contributed by atoms with van der Waals surface area (Å²) in [5.74, 6) is -0.742. The van der Waals surface area contributed by atoms with E-state index in [2.05, 4.69) is 5.32 Å². The number of methoxy groups -OCH3 is 1. The predicted octanol–water partition coefficient (Wildman–Crippen LogP) is 3.28. The first-order valence-corrected chi connectivity index (χ1v) is 7.51. The molecule has 1 amide bonds. The van der Waals surface area contributed by atoms with Gasteiger partial charge in [0, 0.05) is 17.8 Å². The molecule has 0 saturated heterocycles. The number of amides is 1. The quantitative estimate of drug-likeness (QED) is 0.747. The van der Waals surface area contributed by atoms with E-state index >= 15 is 0 Å². The van der Waals surface area contributed by atoms with Crippen molar-refractivity contribution in [2.45, 2.75) is 20.4 Å². The number of ether oxygens (including phenoxy) is 1. The molecule has 0 aliphatic rings. The highest BCUT2D eigenvalue weighted by Crippen LogP contribution is 2.22. The summed E-state index contributed by atoms with van der Waals surface area (Å²) in [6, 6.07) is 9.15. The zero-order valence-corrected chi connectivity index (χ0v) is 13.8. The predicted molar refractivity (Wildman–Crippen MR) is 90.1 cm³/mol. The van der Waals surface area contributed by atoms with Crippen molar-refractivity contribution in [3.05, 3.63) is 53.4 Å². The van der Waals surface area contributed by atoms with Crippen molar-refractivity contribution >= 4 is 28.7 Å². The van der Waals surface area contributed by atoms with E-state index in [0.29, 0.717) is 11.1 Å². The molecule has 24 heavy (non-hydrogen) atoms. The molecule has 6 nitrogen and oxygen atoms in total. The molecule has 0 fully saturated rings. The summed E-state index contributed by atoms with van der Waals surface area (Å²) in [4.78, 5) is 24.4. The van der Waals surface area contributed by atoms with Crippen LogP contribution in [0.4, 0.5) is 5.69 Å². The second-order valence-electron chi connectivity index (χ2n) is 5.64. The molecule has 1 N–H and O–H groups in total. The standard InChI is InChI=1S/C18H18N2O4/c1-11-4-5-12(2)13(8-11)19-17(21)10-20-14-6-7-24-16(14)9-15(20)18(22)23-3/h4-9H,10H2,1-3H3,(H,19,21). The summed E-state index contributed by atoms with van der Waals surface area (Å²) in [5, 5.41) is 2.89. The molecule has 0 aliphatic heterocycles. The normalized spacial score (nSPS) is 10.8. The molecule has 0 radical (unpaired) electrons. The number of nitrogens with zero attached hydrogens (tertiary/aromatic N) is 1. The molecule has 0 atom stereocenters. The summed E-state index contributed by atoms with van der Waals surface area (Å²) >= 11 is 0. The Balaban J connectivity index is 1.88. The third-order valence-electron chi connectivity index (χ3n) is 3.89. The minimum Gasteiger partial charge on any atom is -0.464 e. The van der Waals surface area contributed by atoms with Gasteiger partial charge >= 0.3 is 5.97 Å². The zero-order valence-electron chi connectivity index (χ0n) is 13.8. The van der Waals surface area contributed by atoms with E-state index in [4.69, 9.17) is 9.15 Å². The van der Waals surface area contributed by atoms with Crippen LogP contribution < -0.4 is 5.32 Å². The monoisotopic (exact) mass is 326 g/mol. The van der Waals surface area contributed by atoms with Gasteiger partial charge in [-0.05, 0) is 31.0 Å². The number of hydrogen-bond donors (Lipinski definition) is 1. The number of aromatic nitrogens is 1. The first kappa shape index (κ1) is 15.9. The van der Waals surface area contributed by atoms with Crippen molar-refractivity contribution in [1.82, 2.24) is 4.57 Å². The van der Waals surface area contributed by atoms with Crippen LogP contribution in [0.5, 0.6) is 0 Å². The Morgan fingerprint density at radius 1 is 1.21 bits per heavy atom. The molecule has 1 aromatic carbocycles. The van der Waals surface area contributed by atoms with Crippen LogP contribution in [-0.4, -0.2) is 23.6 Å². The molecule has 0 unspecified atom stereocenters. The van der Waals surface area contributed by atoms with Crippen LogP contribution in [0.25, 0.3) is 11.1 Å². The van der Waals surface area contributed by atoms with Crippen molar-refractivity contribution in [3.63, 3.8) is 0 Å². The van der Waals surface area contributed by atoms with Crippen molar-refractivity contribution in [3.8, 4) is 0 Å². The third-order valence-corrected chi connectivity index (χ3v) is 3.89. The van der Waals surface area contributed by atoms with Gasteiger partial charge in [-0.25, -0.2) is 4.79 Å². The maximum atomic E-state index is 12.5. The van der Waals surface area contributed by atoms with Crippen LogP contribution in [0.1, 0.15) is 21.6 Å². The van der Waals surface area contributed by atoms with Gasteiger partial charge in [-0.1, -0.05) is 12.1 Å². The third kappa shape index (κ3) is 2.90. The van der Waals surface area contributed by atoms with E-state index in [1.54, 1.807) is 16.7 Å². The van der Waals surface area contributed by atoms with Crippen molar-refractivity contribution in [2.75, 3.05) is 12.4 Å². The zero-order chi connectivity index (χ0) is 17.3. The Kier molecular flexibility index (Phi) is 4.12. The molecule has 0 saturated carbocycles. The van der Waals surface area contributed by atoms with Gasteiger partial charge in [-0.15, -0.1) is 0 Å². The van der Waals surface area contributed by atoms with Gasteiger partial charge in [-0.3, -0.25) is 4.79 Å². The maximum absolute atomic E-state index is 12.5. The maximum Gasteiger partial charge on any atom is 0.354 e. The first-order valence-electron chi connectivity index (χ1n) is 7.51. The molecule has 3 aromatic rings. The molecule has 2 aromatic heterocycles. The molecular formula is C18H18N2O4. The SMILES string of the molecule is COC(=O)c1cc2occc2n1CC(=O)Nc1cc(C)ccc1C. The first-order chi connectivity index (χ1) is 11.5. The number of carbonyl (C=O) groups excluding carboxylic acids is 2. The van der Waals surface area contributed by atoms with Crippen molar-refractivity contribution in [1.29, 1.82) is 0 Å². The number of fused-ring (bicyclic) bond motifs is 1. The number of nitrogens with one attached hydrogen (secondary N) is 1. The van der Waals surface area contributed by atoms with E-state index < -0.39 is 5.97 Å². The average molecular weight is 326 g/mol. The summed E-state index contributed by atoms with van der Waals surface area (Å²) < 4.78 is 11.7. The minimum absolute atomic E-state index is 0.0130. The Labute approximate surface area is 139 Å². The number of hydrogen-bond acceptors (Lipinski definition) is 4. The van der Waals surface area contributed by atoms with E-state index in [1.807, 2.05) is 32.0 Å². The van der Waals surface area contributed by atoms with Crippen LogP contribution in [0.3, 0.4) is 0 Å². The highest BCUT2D eigenvalue weighted by Gasteiger charge is 2.20. The highest BCUT2D eigenvalue weighted by atomic mass is 16.5. The molecule has 0 spiro atoms. The smallest absolute Gasteiger partial charge is 0.354 e. The fourth-order valence-corrected chi connectivity index (χ4v) is 2.62. The van der Waals surface area contributed by atoms with Gasteiger partial charge in [0.25, 0.3) is 0 Å². The fourth-order valence-electron chi connectivity index (χ4n) is 2.62. The molecular weight excluding hydrogens is 308 g/mol. The van der Waals surface area contributed by atoms with E-state index in [0.717, 1.165) is 16.8 Å². The lowest BCUT2D eigenvalue weighted by molar-refractivity contribution is -0.116. The summed E-state index contributed by atoms with van der Waals surface area (Å²) in [7, 11) is 1.30. The molecule has 6 heteroatoms. The fraction of sp³-hybridized carbons (Fsp3) is 0.222. The lowest BCUT2D eigenvalue weighted by Crippen LogP contribution is -2.22. The largest absolute Gasteiger partial charge is 0.464 e. The molecule has 0 bridgehead atoms. The summed E-state index contributed by atoms with van der Waals surface area (Å²) in [6.45, 7) is 3.88. The van der Waals surface area contributed by atoms with Crippen LogP contribution in [0.15, 0.2) is 41.0 Å². The average Bonchev–Trinajstić information content (AvgIpc) is 3.13. The second kappa shape index (κ2) is 6.23. The van der Waals surface area contributed by atoms with Gasteiger partial charge in [0.05, 0.1) is 18.9 Å². The molecule has 3 rings (SSSR count). The molecule has 124 valence electrons. The van der Waals surface area contributed by atoms with E-state index in [1.165, 1.54) is 13.4 Å². The minimum atomic E-state index is -0.513. The lowest BCUT2D eigenvalue weighted by Gasteiger charge is -2.12. The van der Waals surface area contributed by atoms with Crippen molar-refractivity contribution < 1.29 is 18.7 Å². The highest BCUT2D eigenvalue weighted by molar-refractivity contribution is 5.97.